The monoisotopic (exact) mass is 308 g/mol. The number of nitrogens with zero attached hydrogens (tertiary/aromatic N) is 2. The third-order valence-corrected chi connectivity index (χ3v) is 3.33. The molecule has 5 heteroatoms. The molecule has 0 aromatic heterocycles. The van der Waals surface area contributed by atoms with Crippen molar-refractivity contribution in [2.24, 2.45) is 0 Å². The number of anilines is 1. The third kappa shape index (κ3) is 3.95. The van der Waals surface area contributed by atoms with Crippen molar-refractivity contribution in [1.82, 2.24) is 0 Å². The lowest BCUT2D eigenvalue weighted by Crippen LogP contribution is -2.37. The van der Waals surface area contributed by atoms with Gasteiger partial charge in [-0.3, -0.25) is 4.79 Å². The Morgan fingerprint density at radius 2 is 1.83 bits per heavy atom. The number of esters is 1. The molecule has 1 atom stereocenters. The smallest absolute Gasteiger partial charge is 0.338 e. The highest BCUT2D eigenvalue weighted by Crippen LogP contribution is 2.14. The molecule has 0 spiro atoms. The Kier molecular flexibility index (Phi) is 5.11. The van der Waals surface area contributed by atoms with Gasteiger partial charge in [-0.25, -0.2) is 4.79 Å². The Labute approximate surface area is 134 Å². The first kappa shape index (κ1) is 16.2. The average molecular weight is 308 g/mol. The zero-order valence-corrected chi connectivity index (χ0v) is 12.9. The molecule has 0 N–H and O–H groups in total. The van der Waals surface area contributed by atoms with Crippen LogP contribution in [-0.2, 0) is 9.53 Å². The van der Waals surface area contributed by atoms with E-state index in [9.17, 15) is 9.59 Å². The van der Waals surface area contributed by atoms with E-state index in [4.69, 9.17) is 10.00 Å². The van der Waals surface area contributed by atoms with Gasteiger partial charge in [0.15, 0.2) is 6.10 Å². The van der Waals surface area contributed by atoms with Gasteiger partial charge in [-0.05, 0) is 37.3 Å². The summed E-state index contributed by atoms with van der Waals surface area (Å²) in [6, 6.07) is 17.2. The first-order valence-electron chi connectivity index (χ1n) is 7.06. The average Bonchev–Trinajstić information content (AvgIpc) is 2.61. The maximum absolute atomic E-state index is 12.3. The van der Waals surface area contributed by atoms with Crippen molar-refractivity contribution in [3.63, 3.8) is 0 Å². The van der Waals surface area contributed by atoms with Crippen LogP contribution in [0.1, 0.15) is 22.8 Å². The van der Waals surface area contributed by atoms with Gasteiger partial charge in [-0.1, -0.05) is 24.3 Å². The number of rotatable bonds is 4. The summed E-state index contributed by atoms with van der Waals surface area (Å²) in [4.78, 5) is 25.8. The molecular weight excluding hydrogens is 292 g/mol. The summed E-state index contributed by atoms with van der Waals surface area (Å²) < 4.78 is 5.20. The zero-order valence-electron chi connectivity index (χ0n) is 12.9. The second kappa shape index (κ2) is 7.23. The molecule has 0 aliphatic carbocycles. The van der Waals surface area contributed by atoms with Gasteiger partial charge in [0.1, 0.15) is 0 Å². The summed E-state index contributed by atoms with van der Waals surface area (Å²) in [6.07, 6.45) is -0.932. The van der Waals surface area contributed by atoms with Crippen LogP contribution in [-0.4, -0.2) is 25.0 Å². The van der Waals surface area contributed by atoms with E-state index in [-0.39, 0.29) is 11.5 Å². The minimum Gasteiger partial charge on any atom is -0.449 e. The van der Waals surface area contributed by atoms with Crippen LogP contribution in [0.25, 0.3) is 0 Å². The van der Waals surface area contributed by atoms with Crippen LogP contribution in [0.15, 0.2) is 54.6 Å². The number of para-hydroxylation sites is 1. The number of likely N-dealkylation sites (N-methyl/N-ethyl adjacent to an activating group) is 1. The van der Waals surface area contributed by atoms with Gasteiger partial charge in [-0.15, -0.1) is 0 Å². The van der Waals surface area contributed by atoms with Crippen LogP contribution < -0.4 is 4.90 Å². The molecule has 23 heavy (non-hydrogen) atoms. The highest BCUT2D eigenvalue weighted by atomic mass is 16.5. The van der Waals surface area contributed by atoms with E-state index in [1.165, 1.54) is 17.9 Å². The molecule has 0 aliphatic rings. The highest BCUT2D eigenvalue weighted by molar-refractivity contribution is 5.98. The molecule has 2 aromatic rings. The molecule has 1 amide bonds. The molecule has 116 valence electrons. The fraction of sp³-hybridized carbons (Fsp3) is 0.167. The summed E-state index contributed by atoms with van der Waals surface area (Å²) in [5.74, 6) is -0.967. The van der Waals surface area contributed by atoms with Gasteiger partial charge in [0, 0.05) is 12.7 Å². The minimum absolute atomic E-state index is 0.242. The summed E-state index contributed by atoms with van der Waals surface area (Å²) >= 11 is 0. The molecule has 2 aromatic carbocycles. The molecular formula is C18H16N2O3. The van der Waals surface area contributed by atoms with Gasteiger partial charge in [0.2, 0.25) is 0 Å². The number of hydrogen-bond acceptors (Lipinski definition) is 4. The Bertz CT molecular complexity index is 750. The molecule has 0 heterocycles. The molecule has 0 saturated heterocycles. The van der Waals surface area contributed by atoms with Crippen molar-refractivity contribution in [3.05, 3.63) is 65.7 Å². The van der Waals surface area contributed by atoms with E-state index in [0.29, 0.717) is 11.3 Å². The van der Waals surface area contributed by atoms with Crippen LogP contribution in [0.5, 0.6) is 0 Å². The number of carbonyl (C=O) groups excluding carboxylic acids is 2. The number of carbonyl (C=O) groups is 2. The minimum atomic E-state index is -0.932. The lowest BCUT2D eigenvalue weighted by atomic mass is 10.1. The summed E-state index contributed by atoms with van der Waals surface area (Å²) in [5, 5.41) is 8.85. The lowest BCUT2D eigenvalue weighted by molar-refractivity contribution is -0.126. The van der Waals surface area contributed by atoms with Crippen molar-refractivity contribution < 1.29 is 14.3 Å². The maximum atomic E-state index is 12.3. The van der Waals surface area contributed by atoms with Gasteiger partial charge in [0.05, 0.1) is 17.2 Å². The number of hydrogen-bond donors (Lipinski definition) is 0. The predicted octanol–water partition coefficient (Wildman–Crippen LogP) is 2.77. The second-order valence-corrected chi connectivity index (χ2v) is 4.97. The van der Waals surface area contributed by atoms with Crippen molar-refractivity contribution in [2.75, 3.05) is 11.9 Å². The predicted molar refractivity (Wildman–Crippen MR) is 85.9 cm³/mol. The quantitative estimate of drug-likeness (QED) is 0.814. The van der Waals surface area contributed by atoms with Gasteiger partial charge >= 0.3 is 5.97 Å². The van der Waals surface area contributed by atoms with Gasteiger partial charge < -0.3 is 9.64 Å². The first-order valence-corrected chi connectivity index (χ1v) is 7.06. The van der Waals surface area contributed by atoms with E-state index >= 15 is 0 Å². The fourth-order valence-corrected chi connectivity index (χ4v) is 2.05. The largest absolute Gasteiger partial charge is 0.449 e. The number of benzene rings is 2. The van der Waals surface area contributed by atoms with Crippen molar-refractivity contribution in [1.29, 1.82) is 5.26 Å². The summed E-state index contributed by atoms with van der Waals surface area (Å²) in [5.41, 5.74) is 1.32. The highest BCUT2D eigenvalue weighted by Gasteiger charge is 2.23. The third-order valence-electron chi connectivity index (χ3n) is 3.33. The van der Waals surface area contributed by atoms with Crippen LogP contribution in [0.3, 0.4) is 0 Å². The molecule has 0 fully saturated rings. The molecule has 2 rings (SSSR count). The molecule has 0 radical (unpaired) electrons. The van der Waals surface area contributed by atoms with Crippen LogP contribution in [0, 0.1) is 11.3 Å². The second-order valence-electron chi connectivity index (χ2n) is 4.97. The van der Waals surface area contributed by atoms with Crippen molar-refractivity contribution in [2.45, 2.75) is 13.0 Å². The maximum Gasteiger partial charge on any atom is 0.338 e. The topological polar surface area (TPSA) is 70.4 Å². The number of nitriles is 1. The van der Waals surface area contributed by atoms with Crippen LogP contribution >= 0.6 is 0 Å². The summed E-state index contributed by atoms with van der Waals surface area (Å²) in [6.45, 7) is 1.52. The molecule has 5 nitrogen and oxygen atoms in total. The number of amides is 1. The van der Waals surface area contributed by atoms with Crippen LogP contribution in [0.2, 0.25) is 0 Å². The lowest BCUT2D eigenvalue weighted by Gasteiger charge is -2.21. The Morgan fingerprint density at radius 3 is 2.48 bits per heavy atom. The zero-order chi connectivity index (χ0) is 16.8. The molecule has 0 bridgehead atoms. The Hall–Kier alpha value is -3.13. The van der Waals surface area contributed by atoms with Gasteiger partial charge in [0.25, 0.3) is 5.91 Å². The first-order chi connectivity index (χ1) is 11.0. The SMILES string of the molecule is C[C@H](OC(=O)c1cccc(C#N)c1)C(=O)N(C)c1ccccc1. The van der Waals surface area contributed by atoms with E-state index in [2.05, 4.69) is 0 Å². The molecule has 0 unspecified atom stereocenters. The van der Waals surface area contributed by atoms with Gasteiger partial charge in [-0.2, -0.15) is 5.26 Å². The van der Waals surface area contributed by atoms with E-state index in [1.54, 1.807) is 37.4 Å². The fourth-order valence-electron chi connectivity index (χ4n) is 2.05. The standard InChI is InChI=1S/C18H16N2O3/c1-13(17(21)20(2)16-9-4-3-5-10-16)23-18(22)15-8-6-7-14(11-15)12-19/h3-11,13H,1-2H3/t13-/m0/s1. The number of ether oxygens (including phenoxy) is 1. The van der Waals surface area contributed by atoms with E-state index in [1.807, 2.05) is 24.3 Å². The molecule has 0 aliphatic heterocycles. The normalized spacial score (nSPS) is 11.2. The van der Waals surface area contributed by atoms with Crippen LogP contribution in [0.4, 0.5) is 5.69 Å². The van der Waals surface area contributed by atoms with Crippen molar-refractivity contribution in [3.8, 4) is 6.07 Å². The van der Waals surface area contributed by atoms with E-state index in [0.717, 1.165) is 0 Å². The van der Waals surface area contributed by atoms with Crippen molar-refractivity contribution >= 4 is 17.6 Å². The summed E-state index contributed by atoms with van der Waals surface area (Å²) in [7, 11) is 1.62. The Balaban J connectivity index is 2.06. The Morgan fingerprint density at radius 1 is 1.13 bits per heavy atom. The van der Waals surface area contributed by atoms with E-state index < -0.39 is 12.1 Å². The molecule has 0 saturated carbocycles.